The van der Waals surface area contributed by atoms with E-state index in [4.69, 9.17) is 21.1 Å². The van der Waals surface area contributed by atoms with Gasteiger partial charge in [-0.05, 0) is 24.8 Å². The molecule has 1 aliphatic carbocycles. The summed E-state index contributed by atoms with van der Waals surface area (Å²) in [5.41, 5.74) is 1.11. The molecule has 0 heterocycles. The van der Waals surface area contributed by atoms with Gasteiger partial charge < -0.3 is 9.47 Å². The number of methoxy groups -OCH3 is 2. The van der Waals surface area contributed by atoms with Crippen LogP contribution in [0.15, 0.2) is 12.1 Å². The van der Waals surface area contributed by atoms with Crippen LogP contribution in [0.2, 0.25) is 5.02 Å². The minimum absolute atomic E-state index is 0.325. The van der Waals surface area contributed by atoms with Gasteiger partial charge in [-0.1, -0.05) is 33.6 Å². The molecular formula is C12H14BrClO2. The molecule has 0 N–H and O–H groups in total. The fraction of sp³-hybridized carbons (Fsp3) is 0.500. The first-order valence-electron chi connectivity index (χ1n) is 5.23. The first-order chi connectivity index (χ1) is 7.69. The zero-order chi connectivity index (χ0) is 11.7. The van der Waals surface area contributed by atoms with E-state index in [1.165, 1.54) is 12.8 Å². The summed E-state index contributed by atoms with van der Waals surface area (Å²) < 4.78 is 10.5. The van der Waals surface area contributed by atoms with Gasteiger partial charge in [-0.2, -0.15) is 0 Å². The summed E-state index contributed by atoms with van der Waals surface area (Å²) >= 11 is 9.92. The third-order valence-electron chi connectivity index (χ3n) is 2.85. The Labute approximate surface area is 109 Å². The molecule has 1 aromatic carbocycles. The Morgan fingerprint density at radius 1 is 1.31 bits per heavy atom. The zero-order valence-electron chi connectivity index (χ0n) is 9.30. The van der Waals surface area contributed by atoms with E-state index in [-0.39, 0.29) is 0 Å². The number of hydrogen-bond donors (Lipinski definition) is 0. The van der Waals surface area contributed by atoms with E-state index in [2.05, 4.69) is 15.9 Å². The summed E-state index contributed by atoms with van der Waals surface area (Å²) in [6, 6.07) is 3.90. The molecule has 4 heteroatoms. The van der Waals surface area contributed by atoms with Gasteiger partial charge >= 0.3 is 0 Å². The Morgan fingerprint density at radius 2 is 2.00 bits per heavy atom. The van der Waals surface area contributed by atoms with E-state index in [0.29, 0.717) is 21.5 Å². The van der Waals surface area contributed by atoms with Gasteiger partial charge in [0, 0.05) is 10.4 Å². The van der Waals surface area contributed by atoms with Crippen LogP contribution in [0.25, 0.3) is 0 Å². The molecule has 0 bridgehead atoms. The molecule has 0 aromatic heterocycles. The fourth-order valence-corrected chi connectivity index (χ4v) is 2.99. The second-order valence-corrected chi connectivity index (χ2v) is 5.31. The monoisotopic (exact) mass is 304 g/mol. The van der Waals surface area contributed by atoms with Crippen LogP contribution in [0.3, 0.4) is 0 Å². The first-order valence-corrected chi connectivity index (χ1v) is 6.52. The Kier molecular flexibility index (Phi) is 3.65. The normalized spacial score (nSPS) is 17.0. The highest BCUT2D eigenvalue weighted by atomic mass is 79.9. The maximum absolute atomic E-state index is 6.21. The quantitative estimate of drug-likeness (QED) is 0.776. The number of rotatable bonds is 4. The molecule has 2 rings (SSSR count). The minimum Gasteiger partial charge on any atom is -0.495 e. The molecule has 1 fully saturated rings. The van der Waals surface area contributed by atoms with Crippen LogP contribution in [-0.2, 0) is 0 Å². The van der Waals surface area contributed by atoms with Crippen molar-refractivity contribution in [3.05, 3.63) is 22.7 Å². The van der Waals surface area contributed by atoms with Crippen molar-refractivity contribution in [2.45, 2.75) is 17.7 Å². The highest BCUT2D eigenvalue weighted by Crippen LogP contribution is 2.51. The van der Waals surface area contributed by atoms with Gasteiger partial charge in [-0.25, -0.2) is 0 Å². The van der Waals surface area contributed by atoms with Crippen LogP contribution in [-0.4, -0.2) is 14.2 Å². The van der Waals surface area contributed by atoms with Gasteiger partial charge in [0.1, 0.15) is 16.5 Å². The predicted octanol–water partition coefficient (Wildman–Crippen LogP) is 4.20. The van der Waals surface area contributed by atoms with Crippen molar-refractivity contribution >= 4 is 27.5 Å². The molecular weight excluding hydrogens is 291 g/mol. The standard InChI is InChI=1S/C12H14BrClO2/c1-15-9-6-5-8(10(13)7-3-4-7)12(16-2)11(9)14/h5-7,10H,3-4H2,1-2H3. The van der Waals surface area contributed by atoms with Crippen LogP contribution < -0.4 is 9.47 Å². The topological polar surface area (TPSA) is 18.5 Å². The van der Waals surface area contributed by atoms with Gasteiger partial charge in [-0.15, -0.1) is 0 Å². The Balaban J connectivity index is 2.40. The fourth-order valence-electron chi connectivity index (χ4n) is 1.78. The van der Waals surface area contributed by atoms with E-state index in [9.17, 15) is 0 Å². The number of alkyl halides is 1. The third-order valence-corrected chi connectivity index (χ3v) is 4.45. The molecule has 0 spiro atoms. The Hall–Kier alpha value is -0.410. The molecule has 0 aliphatic heterocycles. The second-order valence-electron chi connectivity index (χ2n) is 3.94. The summed E-state index contributed by atoms with van der Waals surface area (Å²) in [5.74, 6) is 2.07. The maximum atomic E-state index is 6.21. The van der Waals surface area contributed by atoms with Crippen LogP contribution in [0.1, 0.15) is 23.2 Å². The second kappa shape index (κ2) is 4.84. The third kappa shape index (κ3) is 2.16. The van der Waals surface area contributed by atoms with Gasteiger partial charge in [0.15, 0.2) is 0 Å². The van der Waals surface area contributed by atoms with Crippen LogP contribution in [0.5, 0.6) is 11.5 Å². The van der Waals surface area contributed by atoms with E-state index < -0.39 is 0 Å². The van der Waals surface area contributed by atoms with Gasteiger partial charge in [0.2, 0.25) is 0 Å². The molecule has 1 atom stereocenters. The highest BCUT2D eigenvalue weighted by molar-refractivity contribution is 9.09. The van der Waals surface area contributed by atoms with Crippen molar-refractivity contribution in [1.82, 2.24) is 0 Å². The smallest absolute Gasteiger partial charge is 0.145 e. The van der Waals surface area contributed by atoms with Crippen LogP contribution >= 0.6 is 27.5 Å². The van der Waals surface area contributed by atoms with E-state index in [1.54, 1.807) is 14.2 Å². The largest absolute Gasteiger partial charge is 0.495 e. The maximum Gasteiger partial charge on any atom is 0.145 e. The summed E-state index contributed by atoms with van der Waals surface area (Å²) in [6.45, 7) is 0. The molecule has 2 nitrogen and oxygen atoms in total. The van der Waals surface area contributed by atoms with E-state index >= 15 is 0 Å². The average Bonchev–Trinajstić information content (AvgIpc) is 3.11. The van der Waals surface area contributed by atoms with E-state index in [1.807, 2.05) is 12.1 Å². The lowest BCUT2D eigenvalue weighted by Crippen LogP contribution is -1.99. The van der Waals surface area contributed by atoms with Crippen molar-refractivity contribution in [3.63, 3.8) is 0 Å². The van der Waals surface area contributed by atoms with Crippen LogP contribution in [0.4, 0.5) is 0 Å². The van der Waals surface area contributed by atoms with Crippen molar-refractivity contribution in [2.75, 3.05) is 14.2 Å². The zero-order valence-corrected chi connectivity index (χ0v) is 11.6. The van der Waals surface area contributed by atoms with Crippen molar-refractivity contribution in [3.8, 4) is 11.5 Å². The minimum atomic E-state index is 0.325. The summed E-state index contributed by atoms with van der Waals surface area (Å²) in [4.78, 5) is 0.325. The molecule has 1 aliphatic rings. The van der Waals surface area contributed by atoms with Crippen LogP contribution in [0, 0.1) is 5.92 Å². The number of halogens is 2. The highest BCUT2D eigenvalue weighted by Gasteiger charge is 2.33. The van der Waals surface area contributed by atoms with E-state index in [0.717, 1.165) is 11.3 Å². The number of hydrogen-bond acceptors (Lipinski definition) is 2. The van der Waals surface area contributed by atoms with Crippen molar-refractivity contribution < 1.29 is 9.47 Å². The lowest BCUT2D eigenvalue weighted by molar-refractivity contribution is 0.390. The molecule has 0 saturated heterocycles. The Morgan fingerprint density at radius 3 is 2.50 bits per heavy atom. The SMILES string of the molecule is COc1ccc(C(Br)C2CC2)c(OC)c1Cl. The van der Waals surface area contributed by atoms with Gasteiger partial charge in [0.25, 0.3) is 0 Å². The molecule has 1 aromatic rings. The lowest BCUT2D eigenvalue weighted by atomic mass is 10.1. The first kappa shape index (κ1) is 12.1. The summed E-state index contributed by atoms with van der Waals surface area (Å²) in [7, 11) is 3.24. The molecule has 0 radical (unpaired) electrons. The molecule has 1 saturated carbocycles. The predicted molar refractivity (Wildman–Crippen MR) is 68.9 cm³/mol. The number of ether oxygens (including phenoxy) is 2. The van der Waals surface area contributed by atoms with Crippen molar-refractivity contribution in [2.24, 2.45) is 5.92 Å². The lowest BCUT2D eigenvalue weighted by Gasteiger charge is -2.16. The molecule has 88 valence electrons. The van der Waals surface area contributed by atoms with Crippen molar-refractivity contribution in [1.29, 1.82) is 0 Å². The van der Waals surface area contributed by atoms with Gasteiger partial charge in [-0.3, -0.25) is 0 Å². The Bertz CT molecular complexity index is 391. The molecule has 0 amide bonds. The summed E-state index contributed by atoms with van der Waals surface area (Å²) in [5, 5.41) is 0.549. The molecule has 16 heavy (non-hydrogen) atoms. The molecule has 1 unspecified atom stereocenters. The summed E-state index contributed by atoms with van der Waals surface area (Å²) in [6.07, 6.45) is 2.53. The van der Waals surface area contributed by atoms with Gasteiger partial charge in [0.05, 0.1) is 14.2 Å². The number of benzene rings is 1. The average molecular weight is 306 g/mol.